The van der Waals surface area contributed by atoms with E-state index in [0.29, 0.717) is 5.95 Å². The minimum atomic E-state index is 0.242. The lowest BCUT2D eigenvalue weighted by Gasteiger charge is -2.14. The number of nitrogens with zero attached hydrogens (tertiary/aromatic N) is 3. The van der Waals surface area contributed by atoms with Gasteiger partial charge < -0.3 is 10.6 Å². The molecule has 2 N–H and O–H groups in total. The van der Waals surface area contributed by atoms with Gasteiger partial charge in [0.2, 0.25) is 5.95 Å². The van der Waals surface area contributed by atoms with Crippen LogP contribution in [0, 0.1) is 6.92 Å². The second-order valence-corrected chi connectivity index (χ2v) is 6.96. The minimum Gasteiger partial charge on any atom is -0.352 e. The van der Waals surface area contributed by atoms with Crippen LogP contribution in [0.1, 0.15) is 19.4 Å². The monoisotopic (exact) mass is 397 g/mol. The van der Waals surface area contributed by atoms with E-state index < -0.39 is 0 Å². The maximum atomic E-state index is 4.62. The van der Waals surface area contributed by atoms with E-state index in [1.807, 2.05) is 24.3 Å². The van der Waals surface area contributed by atoms with Gasteiger partial charge in [0.25, 0.3) is 0 Å². The summed E-state index contributed by atoms with van der Waals surface area (Å²) >= 11 is 3.60. The summed E-state index contributed by atoms with van der Waals surface area (Å²) in [6, 6.07) is 12.2. The third kappa shape index (κ3) is 4.54. The van der Waals surface area contributed by atoms with Gasteiger partial charge in [-0.3, -0.25) is 4.98 Å². The molecule has 0 spiro atoms. The van der Waals surface area contributed by atoms with Crippen molar-refractivity contribution in [1.29, 1.82) is 0 Å². The molecule has 0 unspecified atom stereocenters. The first-order chi connectivity index (χ1) is 12.0. The van der Waals surface area contributed by atoms with Gasteiger partial charge in [-0.05, 0) is 66.5 Å². The van der Waals surface area contributed by atoms with E-state index in [4.69, 9.17) is 0 Å². The topological polar surface area (TPSA) is 62.7 Å². The summed E-state index contributed by atoms with van der Waals surface area (Å²) in [5, 5.41) is 6.64. The quantitative estimate of drug-likeness (QED) is 0.621. The van der Waals surface area contributed by atoms with E-state index >= 15 is 0 Å². The van der Waals surface area contributed by atoms with Gasteiger partial charge in [0.15, 0.2) is 0 Å². The smallest absolute Gasteiger partial charge is 0.225 e. The van der Waals surface area contributed by atoms with Crippen molar-refractivity contribution in [2.45, 2.75) is 26.8 Å². The molecule has 0 aliphatic carbocycles. The van der Waals surface area contributed by atoms with E-state index in [9.17, 15) is 0 Å². The number of anilines is 3. The molecule has 3 aromatic rings. The Morgan fingerprint density at radius 1 is 1.00 bits per heavy atom. The van der Waals surface area contributed by atoms with E-state index in [2.05, 4.69) is 74.4 Å². The summed E-state index contributed by atoms with van der Waals surface area (Å²) < 4.78 is 0.995. The van der Waals surface area contributed by atoms with Crippen molar-refractivity contribution in [2.75, 3.05) is 10.6 Å². The van der Waals surface area contributed by atoms with Crippen LogP contribution in [0.3, 0.4) is 0 Å². The molecule has 5 nitrogen and oxygen atoms in total. The number of aromatic nitrogens is 3. The van der Waals surface area contributed by atoms with Gasteiger partial charge in [0.05, 0.1) is 11.4 Å². The molecule has 128 valence electrons. The Morgan fingerprint density at radius 3 is 2.44 bits per heavy atom. The third-order valence-corrected chi connectivity index (χ3v) is 4.16. The van der Waals surface area contributed by atoms with E-state index in [1.54, 1.807) is 12.4 Å². The molecule has 0 amide bonds. The second-order valence-electron chi connectivity index (χ2n) is 6.11. The van der Waals surface area contributed by atoms with Crippen molar-refractivity contribution < 1.29 is 0 Å². The highest BCUT2D eigenvalue weighted by Crippen LogP contribution is 2.28. The number of halogens is 1. The zero-order chi connectivity index (χ0) is 17.8. The van der Waals surface area contributed by atoms with Crippen LogP contribution in [-0.4, -0.2) is 21.0 Å². The Bertz CT molecular complexity index is 865. The maximum Gasteiger partial charge on any atom is 0.225 e. The first-order valence-corrected chi connectivity index (χ1v) is 8.90. The molecule has 0 atom stereocenters. The summed E-state index contributed by atoms with van der Waals surface area (Å²) in [7, 11) is 0. The van der Waals surface area contributed by atoms with Gasteiger partial charge in [0.1, 0.15) is 5.82 Å². The second kappa shape index (κ2) is 7.61. The average Bonchev–Trinajstić information content (AvgIpc) is 2.57. The van der Waals surface area contributed by atoms with Gasteiger partial charge in [-0.15, -0.1) is 0 Å². The SMILES string of the molecule is Cc1ccc(Nc2cc(-c3ccncc3)nc(NC(C)C)n2)c(Br)c1. The van der Waals surface area contributed by atoms with Crippen molar-refractivity contribution in [2.24, 2.45) is 0 Å². The van der Waals surface area contributed by atoms with Gasteiger partial charge >= 0.3 is 0 Å². The van der Waals surface area contributed by atoms with Gasteiger partial charge in [0, 0.05) is 34.5 Å². The highest BCUT2D eigenvalue weighted by Gasteiger charge is 2.09. The van der Waals surface area contributed by atoms with Gasteiger partial charge in [-0.2, -0.15) is 4.98 Å². The van der Waals surface area contributed by atoms with Crippen LogP contribution < -0.4 is 10.6 Å². The molecule has 25 heavy (non-hydrogen) atoms. The molecule has 2 aromatic heterocycles. The zero-order valence-electron chi connectivity index (χ0n) is 14.4. The summed E-state index contributed by atoms with van der Waals surface area (Å²) in [6.45, 7) is 6.18. The predicted molar refractivity (Wildman–Crippen MR) is 106 cm³/mol. The number of benzene rings is 1. The number of pyridine rings is 1. The molecule has 0 bridgehead atoms. The van der Waals surface area contributed by atoms with Crippen molar-refractivity contribution in [1.82, 2.24) is 15.0 Å². The van der Waals surface area contributed by atoms with Crippen molar-refractivity contribution in [3.05, 3.63) is 58.8 Å². The third-order valence-electron chi connectivity index (χ3n) is 3.51. The Labute approximate surface area is 156 Å². The standard InChI is InChI=1S/C19H20BrN5/c1-12(2)22-19-24-17(14-6-8-21-9-7-14)11-18(25-19)23-16-5-4-13(3)10-15(16)20/h4-12H,1-3H3,(H2,22,23,24,25). The molecular formula is C19H20BrN5. The average molecular weight is 398 g/mol. The number of aryl methyl sites for hydroxylation is 1. The maximum absolute atomic E-state index is 4.62. The van der Waals surface area contributed by atoms with Crippen LogP contribution in [0.25, 0.3) is 11.3 Å². The van der Waals surface area contributed by atoms with Gasteiger partial charge in [-0.1, -0.05) is 6.07 Å². The molecule has 0 radical (unpaired) electrons. The number of rotatable bonds is 5. The molecule has 3 rings (SSSR count). The fourth-order valence-corrected chi connectivity index (χ4v) is 2.96. The van der Waals surface area contributed by atoms with Gasteiger partial charge in [-0.25, -0.2) is 4.98 Å². The van der Waals surface area contributed by atoms with E-state index in [1.165, 1.54) is 5.56 Å². The molecule has 0 saturated heterocycles. The molecular weight excluding hydrogens is 378 g/mol. The lowest BCUT2D eigenvalue weighted by molar-refractivity contribution is 0.876. The fourth-order valence-electron chi connectivity index (χ4n) is 2.36. The lowest BCUT2D eigenvalue weighted by atomic mass is 10.2. The predicted octanol–water partition coefficient (Wildman–Crippen LogP) is 5.17. The van der Waals surface area contributed by atoms with Crippen LogP contribution in [0.5, 0.6) is 0 Å². The first-order valence-electron chi connectivity index (χ1n) is 8.10. The van der Waals surface area contributed by atoms with E-state index in [0.717, 1.165) is 27.2 Å². The van der Waals surface area contributed by atoms with Crippen LogP contribution in [0.4, 0.5) is 17.5 Å². The summed E-state index contributed by atoms with van der Waals surface area (Å²) in [5.41, 5.74) is 3.99. The number of hydrogen-bond donors (Lipinski definition) is 2. The normalized spacial score (nSPS) is 10.8. The molecule has 0 aliphatic heterocycles. The first kappa shape index (κ1) is 17.4. The molecule has 2 heterocycles. The molecule has 0 aliphatic rings. The Kier molecular flexibility index (Phi) is 5.28. The molecule has 1 aromatic carbocycles. The number of nitrogens with one attached hydrogen (secondary N) is 2. The summed E-state index contributed by atoms with van der Waals surface area (Å²) in [6.07, 6.45) is 3.52. The van der Waals surface area contributed by atoms with Crippen molar-refractivity contribution in [3.63, 3.8) is 0 Å². The van der Waals surface area contributed by atoms with Crippen LogP contribution in [0.2, 0.25) is 0 Å². The zero-order valence-corrected chi connectivity index (χ0v) is 16.0. The van der Waals surface area contributed by atoms with Crippen LogP contribution in [0.15, 0.2) is 53.3 Å². The summed E-state index contributed by atoms with van der Waals surface area (Å²) in [5.74, 6) is 1.32. The Balaban J connectivity index is 2.00. The molecule has 6 heteroatoms. The lowest BCUT2D eigenvalue weighted by Crippen LogP contribution is -2.13. The van der Waals surface area contributed by atoms with E-state index in [-0.39, 0.29) is 6.04 Å². The molecule has 0 saturated carbocycles. The van der Waals surface area contributed by atoms with Crippen molar-refractivity contribution >= 4 is 33.4 Å². The number of hydrogen-bond acceptors (Lipinski definition) is 5. The fraction of sp³-hybridized carbons (Fsp3) is 0.211. The molecule has 0 fully saturated rings. The van der Waals surface area contributed by atoms with Crippen LogP contribution in [-0.2, 0) is 0 Å². The Hall–Kier alpha value is -2.47. The Morgan fingerprint density at radius 2 is 1.76 bits per heavy atom. The highest BCUT2D eigenvalue weighted by atomic mass is 79.9. The summed E-state index contributed by atoms with van der Waals surface area (Å²) in [4.78, 5) is 13.3. The minimum absolute atomic E-state index is 0.242. The largest absolute Gasteiger partial charge is 0.352 e. The van der Waals surface area contributed by atoms with Crippen LogP contribution >= 0.6 is 15.9 Å². The van der Waals surface area contributed by atoms with Crippen molar-refractivity contribution in [3.8, 4) is 11.3 Å². The highest BCUT2D eigenvalue weighted by molar-refractivity contribution is 9.10.